The van der Waals surface area contributed by atoms with E-state index in [0.717, 1.165) is 24.3 Å². The van der Waals surface area contributed by atoms with Gasteiger partial charge in [0.2, 0.25) is 0 Å². The minimum absolute atomic E-state index is 0.0174. The van der Waals surface area contributed by atoms with E-state index in [1.165, 1.54) is 12.1 Å². The fourth-order valence-electron chi connectivity index (χ4n) is 2.23. The molecule has 3 aromatic rings. The van der Waals surface area contributed by atoms with Gasteiger partial charge in [-0.25, -0.2) is 0 Å². The van der Waals surface area contributed by atoms with E-state index in [9.17, 15) is 28.5 Å². The van der Waals surface area contributed by atoms with E-state index in [2.05, 4.69) is 4.18 Å². The summed E-state index contributed by atoms with van der Waals surface area (Å²) in [5.41, 5.74) is -0.608. The normalized spacial score (nSPS) is 11.6. The van der Waals surface area contributed by atoms with Crippen molar-refractivity contribution in [3.8, 4) is 34.3 Å². The van der Waals surface area contributed by atoms with Crippen LogP contribution in [0.5, 0.6) is 23.0 Å². The highest BCUT2D eigenvalue weighted by Gasteiger charge is 2.16. The standard InChI is InChI=1S/C15H10O9S/c16-9-2-1-7(3-10(9)17)13-6-12(19)15-11(18)4-8(5-14(15)23-13)24-25(20,21)22/h1-6,16-18H,(H,20,21,22). The summed E-state index contributed by atoms with van der Waals surface area (Å²) in [7, 11) is -4.84. The van der Waals surface area contributed by atoms with Crippen LogP contribution >= 0.6 is 0 Å². The van der Waals surface area contributed by atoms with Crippen molar-refractivity contribution in [2.45, 2.75) is 0 Å². The largest absolute Gasteiger partial charge is 0.507 e. The van der Waals surface area contributed by atoms with Gasteiger partial charge in [0.15, 0.2) is 22.7 Å². The molecule has 1 heterocycles. The van der Waals surface area contributed by atoms with Crippen LogP contribution in [-0.4, -0.2) is 28.3 Å². The van der Waals surface area contributed by atoms with Crippen molar-refractivity contribution in [2.24, 2.45) is 0 Å². The molecule has 10 heteroatoms. The number of rotatable bonds is 3. The molecule has 2 aromatic carbocycles. The molecule has 0 saturated heterocycles. The number of benzene rings is 2. The molecule has 0 aliphatic heterocycles. The summed E-state index contributed by atoms with van der Waals surface area (Å²) in [5.74, 6) is -1.90. The van der Waals surface area contributed by atoms with Crippen LogP contribution in [0.25, 0.3) is 22.3 Å². The minimum atomic E-state index is -4.84. The Kier molecular flexibility index (Phi) is 3.78. The third-order valence-corrected chi connectivity index (χ3v) is 3.65. The van der Waals surface area contributed by atoms with E-state index < -0.39 is 33.1 Å². The molecule has 0 aliphatic rings. The topological polar surface area (TPSA) is 154 Å². The molecule has 0 saturated carbocycles. The second kappa shape index (κ2) is 5.69. The van der Waals surface area contributed by atoms with Crippen LogP contribution < -0.4 is 9.61 Å². The molecule has 0 unspecified atom stereocenters. The number of hydrogen-bond acceptors (Lipinski definition) is 8. The van der Waals surface area contributed by atoms with Gasteiger partial charge >= 0.3 is 10.4 Å². The zero-order chi connectivity index (χ0) is 18.4. The highest BCUT2D eigenvalue weighted by molar-refractivity contribution is 7.81. The van der Waals surface area contributed by atoms with Crippen LogP contribution in [0.2, 0.25) is 0 Å². The summed E-state index contributed by atoms with van der Waals surface area (Å²) < 4.78 is 40.0. The fraction of sp³-hybridized carbons (Fsp3) is 0. The van der Waals surface area contributed by atoms with Gasteiger partial charge in [-0.1, -0.05) is 0 Å². The highest BCUT2D eigenvalue weighted by Crippen LogP contribution is 2.34. The molecule has 1 aromatic heterocycles. The summed E-state index contributed by atoms with van der Waals surface area (Å²) in [6.07, 6.45) is 0. The van der Waals surface area contributed by atoms with Crippen LogP contribution in [0.1, 0.15) is 0 Å². The zero-order valence-electron chi connectivity index (χ0n) is 12.2. The fourth-order valence-corrected chi connectivity index (χ4v) is 2.57. The first kappa shape index (κ1) is 16.6. The molecule has 9 nitrogen and oxygen atoms in total. The lowest BCUT2D eigenvalue weighted by Crippen LogP contribution is -2.07. The lowest BCUT2D eigenvalue weighted by molar-refractivity contribution is 0.385. The Labute approximate surface area is 139 Å². The monoisotopic (exact) mass is 366 g/mol. The quantitative estimate of drug-likeness (QED) is 0.401. The van der Waals surface area contributed by atoms with Crippen molar-refractivity contribution >= 4 is 21.4 Å². The van der Waals surface area contributed by atoms with Crippen LogP contribution in [0.3, 0.4) is 0 Å². The van der Waals surface area contributed by atoms with E-state index in [1.807, 2.05) is 0 Å². The number of fused-ring (bicyclic) bond motifs is 1. The maximum Gasteiger partial charge on any atom is 0.446 e. The first-order valence-electron chi connectivity index (χ1n) is 6.64. The average Bonchev–Trinajstić information content (AvgIpc) is 2.47. The predicted octanol–water partition coefficient (Wildman–Crippen LogP) is 1.76. The third kappa shape index (κ3) is 3.34. The molecular weight excluding hydrogens is 356 g/mol. The van der Waals surface area contributed by atoms with E-state index in [1.54, 1.807) is 0 Å². The Balaban J connectivity index is 2.23. The Morgan fingerprint density at radius 2 is 1.64 bits per heavy atom. The summed E-state index contributed by atoms with van der Waals surface area (Å²) in [6.45, 7) is 0. The number of phenols is 3. The van der Waals surface area contributed by atoms with Gasteiger partial charge in [-0.3, -0.25) is 9.35 Å². The molecule has 130 valence electrons. The van der Waals surface area contributed by atoms with Gasteiger partial charge in [-0.05, 0) is 18.2 Å². The lowest BCUT2D eigenvalue weighted by Gasteiger charge is -2.07. The molecule has 0 amide bonds. The van der Waals surface area contributed by atoms with Crippen molar-refractivity contribution in [3.63, 3.8) is 0 Å². The van der Waals surface area contributed by atoms with Crippen molar-refractivity contribution in [2.75, 3.05) is 0 Å². The third-order valence-electron chi connectivity index (χ3n) is 3.24. The minimum Gasteiger partial charge on any atom is -0.507 e. The first-order chi connectivity index (χ1) is 11.6. The van der Waals surface area contributed by atoms with Gasteiger partial charge in [-0.15, -0.1) is 0 Å². The molecule has 0 fully saturated rings. The Morgan fingerprint density at radius 3 is 2.28 bits per heavy atom. The van der Waals surface area contributed by atoms with E-state index >= 15 is 0 Å². The smallest absolute Gasteiger partial charge is 0.446 e. The highest BCUT2D eigenvalue weighted by atomic mass is 32.3. The Hall–Kier alpha value is -3.24. The van der Waals surface area contributed by atoms with E-state index in [0.29, 0.717) is 0 Å². The van der Waals surface area contributed by atoms with Crippen molar-refractivity contribution in [1.29, 1.82) is 0 Å². The number of aromatic hydroxyl groups is 3. The maximum atomic E-state index is 12.2. The van der Waals surface area contributed by atoms with Crippen molar-refractivity contribution < 1.29 is 36.9 Å². The van der Waals surface area contributed by atoms with Gasteiger partial charge in [-0.2, -0.15) is 8.42 Å². The SMILES string of the molecule is O=c1cc(-c2ccc(O)c(O)c2)oc2cc(OS(=O)(=O)O)cc(O)c12. The first-order valence-corrected chi connectivity index (χ1v) is 8.01. The summed E-state index contributed by atoms with van der Waals surface area (Å²) in [6, 6.07) is 6.59. The van der Waals surface area contributed by atoms with Gasteiger partial charge < -0.3 is 23.9 Å². The maximum absolute atomic E-state index is 12.2. The summed E-state index contributed by atoms with van der Waals surface area (Å²) in [4.78, 5) is 12.2. The summed E-state index contributed by atoms with van der Waals surface area (Å²) in [5, 5.41) is 28.5. The summed E-state index contributed by atoms with van der Waals surface area (Å²) >= 11 is 0. The van der Waals surface area contributed by atoms with E-state index in [4.69, 9.17) is 8.97 Å². The van der Waals surface area contributed by atoms with Gasteiger partial charge in [0.1, 0.15) is 22.5 Å². The number of phenolic OH excluding ortho intramolecular Hbond substituents is 3. The van der Waals surface area contributed by atoms with Crippen LogP contribution in [0.15, 0.2) is 45.6 Å². The Morgan fingerprint density at radius 1 is 0.920 bits per heavy atom. The van der Waals surface area contributed by atoms with Gasteiger partial charge in [0.05, 0.1) is 0 Å². The molecule has 0 radical (unpaired) electrons. The van der Waals surface area contributed by atoms with Crippen LogP contribution in [0, 0.1) is 0 Å². The molecule has 0 spiro atoms. The molecule has 0 atom stereocenters. The van der Waals surface area contributed by atoms with E-state index in [-0.39, 0.29) is 28.0 Å². The molecule has 4 N–H and O–H groups in total. The Bertz CT molecular complexity index is 1150. The predicted molar refractivity (Wildman–Crippen MR) is 85.1 cm³/mol. The van der Waals surface area contributed by atoms with Gasteiger partial charge in [0, 0.05) is 23.8 Å². The second-order valence-electron chi connectivity index (χ2n) is 5.00. The molecular formula is C15H10O9S. The molecule has 0 bridgehead atoms. The number of hydrogen-bond donors (Lipinski definition) is 4. The molecule has 25 heavy (non-hydrogen) atoms. The molecule has 3 rings (SSSR count). The average molecular weight is 366 g/mol. The van der Waals surface area contributed by atoms with Gasteiger partial charge in [0.25, 0.3) is 0 Å². The van der Waals surface area contributed by atoms with Crippen molar-refractivity contribution in [1.82, 2.24) is 0 Å². The molecule has 0 aliphatic carbocycles. The second-order valence-corrected chi connectivity index (χ2v) is 6.03. The van der Waals surface area contributed by atoms with Crippen LogP contribution in [0.4, 0.5) is 0 Å². The van der Waals surface area contributed by atoms with Crippen LogP contribution in [-0.2, 0) is 10.4 Å². The lowest BCUT2D eigenvalue weighted by atomic mass is 10.1. The van der Waals surface area contributed by atoms with Crippen molar-refractivity contribution in [3.05, 3.63) is 46.6 Å². The zero-order valence-corrected chi connectivity index (χ0v) is 13.0.